The van der Waals surface area contributed by atoms with Crippen LogP contribution in [0.3, 0.4) is 0 Å². The Morgan fingerprint density at radius 1 is 0.579 bits per heavy atom. The number of alkyl halides is 1. The standard InChI is InChI=1S/C47H72ClN13O15/c1-24(2)17-31(59-44(74)32(18-28-11-8-7-9-12-28)60-45(75)33(19-39(69)70)56-27(6)62)43(73)55-26(5)41(71)58-30(14-15-38(67)68)42(72)54-22-36(65)52-21-35(64)53-23-37(66)61-40(25(3)4)46(76)57-29(34(63)20-48)13-10-16-51-47(49)50/h7-9,11-12,24-26,29-33,40H,10,13-23H2,1-6H3,(H,52,65)(H,53,64)(H,54,72)(H,55,73)(H,56,62)(H,57,76)(H,58,71)(H,59,74)(H,60,75)(H,61,66)(H,67,68)(H,69,70)(H4,49,50,51). The number of hydrogen-bond donors (Lipinski definition) is 14. The van der Waals surface area contributed by atoms with Gasteiger partial charge < -0.3 is 74.8 Å². The minimum atomic E-state index is -1.56. The van der Waals surface area contributed by atoms with Gasteiger partial charge in [-0.05, 0) is 50.0 Å². The van der Waals surface area contributed by atoms with Gasteiger partial charge in [0, 0.05) is 26.3 Å². The van der Waals surface area contributed by atoms with E-state index in [0.717, 1.165) is 6.92 Å². The van der Waals surface area contributed by atoms with E-state index in [-0.39, 0.29) is 43.6 Å². The van der Waals surface area contributed by atoms with E-state index < -0.39 is 164 Å². The normalized spacial score (nSPS) is 13.5. The Labute approximate surface area is 443 Å². The molecule has 29 heteroatoms. The molecule has 0 saturated heterocycles. The summed E-state index contributed by atoms with van der Waals surface area (Å²) in [5.41, 5.74) is 11.2. The van der Waals surface area contributed by atoms with Crippen molar-refractivity contribution in [2.45, 2.75) is 129 Å². The van der Waals surface area contributed by atoms with Gasteiger partial charge in [0.2, 0.25) is 59.1 Å². The maximum atomic E-state index is 13.8. The fourth-order valence-electron chi connectivity index (χ4n) is 6.85. The Morgan fingerprint density at radius 3 is 1.66 bits per heavy atom. The molecular formula is C47H72ClN13O15. The average Bonchev–Trinajstić information content (AvgIpc) is 3.34. The predicted octanol–water partition coefficient (Wildman–Crippen LogP) is -4.09. The fourth-order valence-corrected chi connectivity index (χ4v) is 7.04. The summed E-state index contributed by atoms with van der Waals surface area (Å²) in [6.45, 7) is 7.17. The highest BCUT2D eigenvalue weighted by Gasteiger charge is 2.33. The third-order valence-electron chi connectivity index (χ3n) is 10.7. The lowest BCUT2D eigenvalue weighted by Crippen LogP contribution is -2.59. The SMILES string of the molecule is CC(=O)NC(CC(=O)O)C(=O)NC(Cc1ccccc1)C(=O)NC(CC(C)C)C(=O)NC(C)C(=O)NC(CCC(=O)O)C(=O)NCC(=O)NCC(=O)NCC(=O)NC(C(=O)NC(CCCN=C(N)N)C(=O)CCl)C(C)C. The molecule has 10 amide bonds. The van der Waals surface area contributed by atoms with Gasteiger partial charge in [0.15, 0.2) is 11.7 Å². The van der Waals surface area contributed by atoms with Crippen molar-refractivity contribution in [3.63, 3.8) is 0 Å². The Hall–Kier alpha value is -7.91. The van der Waals surface area contributed by atoms with Gasteiger partial charge in [0.05, 0.1) is 38.0 Å². The molecule has 7 atom stereocenters. The highest BCUT2D eigenvalue weighted by molar-refractivity contribution is 6.28. The topological polar surface area (TPSA) is 447 Å². The number of aliphatic carboxylic acids is 2. The summed E-state index contributed by atoms with van der Waals surface area (Å²) in [5.74, 6) is -13.1. The predicted molar refractivity (Wildman–Crippen MR) is 273 cm³/mol. The summed E-state index contributed by atoms with van der Waals surface area (Å²) in [4.78, 5) is 169. The molecule has 0 fully saturated rings. The number of hydrogen-bond acceptors (Lipinski definition) is 14. The van der Waals surface area contributed by atoms with Gasteiger partial charge in [-0.2, -0.15) is 0 Å². The second kappa shape index (κ2) is 34.6. The van der Waals surface area contributed by atoms with Crippen molar-refractivity contribution in [2.24, 2.45) is 28.3 Å². The molecule has 0 bridgehead atoms. The molecule has 1 rings (SSSR count). The number of benzene rings is 1. The lowest BCUT2D eigenvalue weighted by Gasteiger charge is -2.27. The van der Waals surface area contributed by atoms with Crippen LogP contribution >= 0.6 is 11.6 Å². The number of ketones is 1. The van der Waals surface area contributed by atoms with Crippen molar-refractivity contribution >= 4 is 94.4 Å². The summed E-state index contributed by atoms with van der Waals surface area (Å²) >= 11 is 5.72. The van der Waals surface area contributed by atoms with Crippen molar-refractivity contribution < 1.29 is 72.5 Å². The van der Waals surface area contributed by atoms with E-state index in [0.29, 0.717) is 12.0 Å². The number of nitrogens with zero attached hydrogens (tertiary/aromatic N) is 1. The van der Waals surface area contributed by atoms with Crippen molar-refractivity contribution in [3.8, 4) is 0 Å². The molecule has 0 spiro atoms. The molecular weight excluding hydrogens is 1020 g/mol. The first kappa shape index (κ1) is 66.1. The summed E-state index contributed by atoms with van der Waals surface area (Å²) in [6.07, 6.45) is -1.51. The second-order valence-electron chi connectivity index (χ2n) is 18.2. The van der Waals surface area contributed by atoms with E-state index in [1.165, 1.54) is 6.92 Å². The first-order chi connectivity index (χ1) is 35.6. The van der Waals surface area contributed by atoms with E-state index in [1.54, 1.807) is 58.0 Å². The fraction of sp³-hybridized carbons (Fsp3) is 0.574. The van der Waals surface area contributed by atoms with Crippen LogP contribution in [0.1, 0.15) is 85.6 Å². The minimum absolute atomic E-state index is 0.0138. The zero-order valence-corrected chi connectivity index (χ0v) is 44.0. The summed E-state index contributed by atoms with van der Waals surface area (Å²) in [6, 6.07) is -0.982. The molecule has 7 unspecified atom stereocenters. The number of Topliss-reactive ketones (excluding diaryl/α,β-unsaturated/α-hetero) is 1. The van der Waals surface area contributed by atoms with E-state index in [4.69, 9.17) is 23.1 Å². The summed E-state index contributed by atoms with van der Waals surface area (Å²) < 4.78 is 0. The van der Waals surface area contributed by atoms with Crippen LogP contribution in [0.25, 0.3) is 0 Å². The van der Waals surface area contributed by atoms with Crippen LogP contribution in [0.2, 0.25) is 0 Å². The Bertz CT molecular complexity index is 2230. The maximum absolute atomic E-state index is 13.8. The number of guanidine groups is 1. The molecule has 0 aliphatic heterocycles. The quantitative estimate of drug-likeness (QED) is 0.0133. The van der Waals surface area contributed by atoms with Crippen LogP contribution in [-0.4, -0.2) is 167 Å². The molecule has 422 valence electrons. The summed E-state index contributed by atoms with van der Waals surface area (Å²) in [7, 11) is 0. The highest BCUT2D eigenvalue weighted by Crippen LogP contribution is 2.11. The van der Waals surface area contributed by atoms with Gasteiger partial charge in [-0.25, -0.2) is 0 Å². The number of carbonyl (C=O) groups is 13. The molecule has 0 aromatic heterocycles. The molecule has 0 radical (unpaired) electrons. The lowest BCUT2D eigenvalue weighted by molar-refractivity contribution is -0.141. The molecule has 0 saturated carbocycles. The van der Waals surface area contributed by atoms with Gasteiger partial charge >= 0.3 is 11.9 Å². The van der Waals surface area contributed by atoms with E-state index in [2.05, 4.69) is 58.2 Å². The average molecular weight is 1090 g/mol. The van der Waals surface area contributed by atoms with E-state index in [9.17, 15) is 72.5 Å². The van der Waals surface area contributed by atoms with Crippen LogP contribution in [0.5, 0.6) is 0 Å². The number of aliphatic imine (C=N–C) groups is 1. The highest BCUT2D eigenvalue weighted by atomic mass is 35.5. The van der Waals surface area contributed by atoms with Crippen LogP contribution < -0.4 is 64.6 Å². The minimum Gasteiger partial charge on any atom is -0.481 e. The number of nitrogens with one attached hydrogen (secondary N) is 10. The van der Waals surface area contributed by atoms with Gasteiger partial charge in [0.25, 0.3) is 0 Å². The molecule has 16 N–H and O–H groups in total. The monoisotopic (exact) mass is 1090 g/mol. The zero-order valence-electron chi connectivity index (χ0n) is 43.2. The number of carboxylic acid groups (broad SMARTS) is 2. The van der Waals surface area contributed by atoms with Gasteiger partial charge in [-0.3, -0.25) is 67.3 Å². The second-order valence-corrected chi connectivity index (χ2v) is 18.5. The molecule has 76 heavy (non-hydrogen) atoms. The molecule has 28 nitrogen and oxygen atoms in total. The third kappa shape index (κ3) is 27.4. The first-order valence-corrected chi connectivity index (χ1v) is 24.7. The number of carboxylic acids is 2. The maximum Gasteiger partial charge on any atom is 0.305 e. The number of rotatable bonds is 35. The van der Waals surface area contributed by atoms with Crippen LogP contribution in [-0.2, 0) is 68.7 Å². The Kier molecular flexibility index (Phi) is 30.1. The Morgan fingerprint density at radius 2 is 1.12 bits per heavy atom. The lowest BCUT2D eigenvalue weighted by atomic mass is 10.0. The van der Waals surface area contributed by atoms with Crippen molar-refractivity contribution in [3.05, 3.63) is 35.9 Å². The number of carbonyl (C=O) groups excluding carboxylic acids is 11. The largest absolute Gasteiger partial charge is 0.481 e. The van der Waals surface area contributed by atoms with Gasteiger partial charge in [-0.15, -0.1) is 11.6 Å². The Balaban J connectivity index is 2.95. The van der Waals surface area contributed by atoms with E-state index >= 15 is 0 Å². The molecule has 1 aromatic rings. The van der Waals surface area contributed by atoms with Crippen LogP contribution in [0, 0.1) is 11.8 Å². The number of nitrogens with two attached hydrogens (primary N) is 2. The van der Waals surface area contributed by atoms with Crippen molar-refractivity contribution in [1.82, 2.24) is 53.2 Å². The van der Waals surface area contributed by atoms with Gasteiger partial charge in [-0.1, -0.05) is 58.0 Å². The summed E-state index contributed by atoms with van der Waals surface area (Å²) in [5, 5.41) is 42.5. The zero-order chi connectivity index (χ0) is 57.7. The number of amides is 10. The van der Waals surface area contributed by atoms with Crippen LogP contribution in [0.15, 0.2) is 35.3 Å². The molecule has 0 aliphatic rings. The van der Waals surface area contributed by atoms with E-state index in [1.807, 2.05) is 0 Å². The number of halogens is 1. The van der Waals surface area contributed by atoms with Crippen molar-refractivity contribution in [2.75, 3.05) is 32.1 Å². The molecule has 0 heterocycles. The third-order valence-corrected chi connectivity index (χ3v) is 11.0. The van der Waals surface area contributed by atoms with Gasteiger partial charge in [0.1, 0.15) is 36.3 Å². The molecule has 1 aromatic carbocycles. The van der Waals surface area contributed by atoms with Crippen LogP contribution in [0.4, 0.5) is 0 Å². The molecule has 0 aliphatic carbocycles. The van der Waals surface area contributed by atoms with Crippen molar-refractivity contribution in [1.29, 1.82) is 0 Å². The smallest absolute Gasteiger partial charge is 0.305 e. The first-order valence-electron chi connectivity index (χ1n) is 24.1.